The van der Waals surface area contributed by atoms with Crippen molar-refractivity contribution >= 4 is 32.5 Å². The van der Waals surface area contributed by atoms with E-state index in [1.807, 2.05) is 0 Å². The van der Waals surface area contributed by atoms with Gasteiger partial charge in [-0.15, -0.1) is 0 Å². The Morgan fingerprint density at radius 2 is 2.04 bits per heavy atom. The second kappa shape index (κ2) is 7.52. The highest BCUT2D eigenvalue weighted by Crippen LogP contribution is 2.28. The number of para-hydroxylation sites is 1. The number of nitrogens with two attached hydrogens (primary N) is 1. The molecule has 0 aliphatic rings. The molecule has 0 radical (unpaired) electrons. The summed E-state index contributed by atoms with van der Waals surface area (Å²) in [6.45, 7) is -2.95. The van der Waals surface area contributed by atoms with Crippen molar-refractivity contribution in [1.29, 1.82) is 0 Å². The van der Waals surface area contributed by atoms with Gasteiger partial charge in [-0.1, -0.05) is 18.2 Å². The van der Waals surface area contributed by atoms with Crippen molar-refractivity contribution < 1.29 is 26.7 Å². The fourth-order valence-corrected chi connectivity index (χ4v) is 3.50. The maximum Gasteiger partial charge on any atom is 0.333 e. The molecule has 0 atom stereocenters. The molecule has 3 N–H and O–H groups in total. The van der Waals surface area contributed by atoms with Crippen LogP contribution in [0.4, 0.5) is 14.5 Å². The second-order valence-electron chi connectivity index (χ2n) is 5.88. The van der Waals surface area contributed by atoms with Crippen LogP contribution in [0.25, 0.3) is 10.9 Å². The number of aromatic nitrogens is 2. The zero-order valence-electron chi connectivity index (χ0n) is 14.6. The van der Waals surface area contributed by atoms with E-state index in [4.69, 9.17) is 9.88 Å². The minimum atomic E-state index is -4.24. The van der Waals surface area contributed by atoms with E-state index in [1.165, 1.54) is 13.2 Å². The van der Waals surface area contributed by atoms with Gasteiger partial charge in [0.05, 0.1) is 23.9 Å². The number of hydrogen-bond donors (Lipinski definition) is 2. The molecular weight excluding hydrogens is 394 g/mol. The normalized spacial score (nSPS) is 11.8. The topological polar surface area (TPSA) is 116 Å². The summed E-state index contributed by atoms with van der Waals surface area (Å²) in [4.78, 5) is 12.0. The number of ether oxygens (including phenoxy) is 1. The van der Waals surface area contributed by atoms with E-state index in [-0.39, 0.29) is 23.0 Å². The lowest BCUT2D eigenvalue weighted by atomic mass is 10.1. The highest BCUT2D eigenvalue weighted by molar-refractivity contribution is 7.89. The molecule has 2 aromatic carbocycles. The van der Waals surface area contributed by atoms with Crippen LogP contribution in [0.15, 0.2) is 47.5 Å². The van der Waals surface area contributed by atoms with Crippen LogP contribution < -0.4 is 15.2 Å². The van der Waals surface area contributed by atoms with Gasteiger partial charge < -0.3 is 10.1 Å². The lowest BCUT2D eigenvalue weighted by Crippen LogP contribution is -2.17. The van der Waals surface area contributed by atoms with Gasteiger partial charge >= 0.3 is 6.55 Å². The third-order valence-corrected chi connectivity index (χ3v) is 4.89. The number of benzene rings is 2. The van der Waals surface area contributed by atoms with Crippen LogP contribution in [0, 0.1) is 0 Å². The van der Waals surface area contributed by atoms with Crippen LogP contribution in [-0.4, -0.2) is 31.2 Å². The van der Waals surface area contributed by atoms with Gasteiger partial charge in [0.2, 0.25) is 15.9 Å². The lowest BCUT2D eigenvalue weighted by molar-refractivity contribution is -0.115. The van der Waals surface area contributed by atoms with Crippen LogP contribution in [0.5, 0.6) is 5.75 Å². The molecule has 0 unspecified atom stereocenters. The standard InChI is InChI=1S/C17H16F2N4O4S/c1-27-14-5-3-2-4-10(14)6-16(24)21-11-7-13-12(9-23(22-13)17(18)19)15(8-11)28(20,25)26/h2-5,7-9,17H,6H2,1H3,(H,21,24)(H2,20,25,26). The predicted molar refractivity (Wildman–Crippen MR) is 97.7 cm³/mol. The molecule has 0 fully saturated rings. The number of alkyl halides is 2. The van der Waals surface area contributed by atoms with Crippen molar-refractivity contribution in [2.24, 2.45) is 5.14 Å². The van der Waals surface area contributed by atoms with E-state index in [9.17, 15) is 22.0 Å². The number of rotatable bonds is 6. The Morgan fingerprint density at radius 1 is 1.32 bits per heavy atom. The van der Waals surface area contributed by atoms with Gasteiger partial charge in [-0.2, -0.15) is 13.9 Å². The number of sulfonamides is 1. The molecule has 11 heteroatoms. The van der Waals surface area contributed by atoms with Gasteiger partial charge in [0.15, 0.2) is 0 Å². The third-order valence-electron chi connectivity index (χ3n) is 3.94. The van der Waals surface area contributed by atoms with Crippen molar-refractivity contribution in [2.45, 2.75) is 17.9 Å². The summed E-state index contributed by atoms with van der Waals surface area (Å²) < 4.78 is 55.0. The summed E-state index contributed by atoms with van der Waals surface area (Å²) in [5, 5.41) is 11.3. The maximum atomic E-state index is 12.9. The van der Waals surface area contributed by atoms with Crippen molar-refractivity contribution in [3.05, 3.63) is 48.2 Å². The molecule has 0 spiro atoms. The number of carbonyl (C=O) groups excluding carboxylic acids is 1. The maximum absolute atomic E-state index is 12.9. The van der Waals surface area contributed by atoms with E-state index in [1.54, 1.807) is 24.3 Å². The first-order valence-corrected chi connectivity index (χ1v) is 9.49. The number of methoxy groups -OCH3 is 1. The molecule has 28 heavy (non-hydrogen) atoms. The SMILES string of the molecule is COc1ccccc1CC(=O)Nc1cc(S(N)(=O)=O)c2cn(C(F)F)nc2c1. The molecule has 8 nitrogen and oxygen atoms in total. The molecule has 0 bridgehead atoms. The number of halogens is 2. The summed E-state index contributed by atoms with van der Waals surface area (Å²) in [5.41, 5.74) is 0.646. The number of fused-ring (bicyclic) bond motifs is 1. The quantitative estimate of drug-likeness (QED) is 0.647. The van der Waals surface area contributed by atoms with Crippen LogP contribution in [0.3, 0.4) is 0 Å². The van der Waals surface area contributed by atoms with Crippen LogP contribution in [-0.2, 0) is 21.2 Å². The molecule has 0 aliphatic carbocycles. The molecular formula is C17H16F2N4O4S. The minimum absolute atomic E-state index is 0.0422. The molecule has 1 aromatic heterocycles. The Labute approximate surface area is 158 Å². The Hall–Kier alpha value is -3.05. The van der Waals surface area contributed by atoms with E-state index in [0.717, 1.165) is 12.3 Å². The average molecular weight is 410 g/mol. The third kappa shape index (κ3) is 4.10. The van der Waals surface area contributed by atoms with Crippen molar-refractivity contribution in [2.75, 3.05) is 12.4 Å². The van der Waals surface area contributed by atoms with Crippen LogP contribution in [0.2, 0.25) is 0 Å². The Bertz CT molecular complexity index is 1150. The number of anilines is 1. The molecule has 0 saturated carbocycles. The highest BCUT2D eigenvalue weighted by atomic mass is 32.2. The number of nitrogens with one attached hydrogen (secondary N) is 1. The first kappa shape index (κ1) is 19.7. The van der Waals surface area contributed by atoms with Gasteiger partial charge in [-0.3, -0.25) is 4.79 Å². The van der Waals surface area contributed by atoms with E-state index >= 15 is 0 Å². The van der Waals surface area contributed by atoms with E-state index in [2.05, 4.69) is 10.4 Å². The van der Waals surface area contributed by atoms with Crippen LogP contribution >= 0.6 is 0 Å². The van der Waals surface area contributed by atoms with Gasteiger partial charge in [0, 0.05) is 22.8 Å². The minimum Gasteiger partial charge on any atom is -0.496 e. The number of primary sulfonamides is 1. The fourth-order valence-electron chi connectivity index (χ4n) is 2.74. The average Bonchev–Trinajstić information content (AvgIpc) is 3.04. The first-order chi connectivity index (χ1) is 13.2. The molecule has 0 aliphatic heterocycles. The monoisotopic (exact) mass is 410 g/mol. The largest absolute Gasteiger partial charge is 0.496 e. The van der Waals surface area contributed by atoms with Gasteiger partial charge in [0.25, 0.3) is 0 Å². The van der Waals surface area contributed by atoms with E-state index < -0.39 is 27.4 Å². The zero-order valence-corrected chi connectivity index (χ0v) is 15.4. The predicted octanol–water partition coefficient (Wildman–Crippen LogP) is 2.27. The van der Waals surface area contributed by atoms with Gasteiger partial charge in [-0.25, -0.2) is 18.2 Å². The summed E-state index contributed by atoms with van der Waals surface area (Å²) in [6, 6.07) is 9.31. The molecule has 0 saturated heterocycles. The molecule has 1 heterocycles. The first-order valence-electron chi connectivity index (χ1n) is 7.94. The lowest BCUT2D eigenvalue weighted by Gasteiger charge is -2.10. The summed E-state index contributed by atoms with van der Waals surface area (Å²) in [6.07, 6.45) is 0.846. The molecule has 148 valence electrons. The van der Waals surface area contributed by atoms with E-state index in [0.29, 0.717) is 16.0 Å². The summed E-state index contributed by atoms with van der Waals surface area (Å²) >= 11 is 0. The number of nitrogens with zero attached hydrogens (tertiary/aromatic N) is 2. The molecule has 3 rings (SSSR count). The molecule has 3 aromatic rings. The summed E-state index contributed by atoms with van der Waals surface area (Å²) in [7, 11) is -2.76. The van der Waals surface area contributed by atoms with Gasteiger partial charge in [0.1, 0.15) is 5.75 Å². The Balaban J connectivity index is 1.95. The van der Waals surface area contributed by atoms with Gasteiger partial charge in [-0.05, 0) is 18.2 Å². The Kier molecular flexibility index (Phi) is 5.29. The van der Waals surface area contributed by atoms with Crippen molar-refractivity contribution in [1.82, 2.24) is 9.78 Å². The Morgan fingerprint density at radius 3 is 2.68 bits per heavy atom. The smallest absolute Gasteiger partial charge is 0.333 e. The van der Waals surface area contributed by atoms with Crippen LogP contribution in [0.1, 0.15) is 12.1 Å². The number of hydrogen-bond acceptors (Lipinski definition) is 5. The van der Waals surface area contributed by atoms with Crippen molar-refractivity contribution in [3.8, 4) is 5.75 Å². The number of amides is 1. The highest BCUT2D eigenvalue weighted by Gasteiger charge is 2.20. The second-order valence-corrected chi connectivity index (χ2v) is 7.41. The number of carbonyl (C=O) groups is 1. The van der Waals surface area contributed by atoms with Crippen molar-refractivity contribution in [3.63, 3.8) is 0 Å². The fraction of sp³-hybridized carbons (Fsp3) is 0.176. The molecule has 1 amide bonds. The zero-order chi connectivity index (χ0) is 20.5. The summed E-state index contributed by atoms with van der Waals surface area (Å²) in [5.74, 6) is 0.0616.